The number of hydrogen-bond acceptors (Lipinski definition) is 2. The molecule has 4 nitrogen and oxygen atoms in total. The van der Waals surface area contributed by atoms with Crippen LogP contribution in [0.4, 0.5) is 0 Å². The second-order valence-corrected chi connectivity index (χ2v) is 17.7. The molecule has 3 heterocycles. The molecule has 316 valence electrons. The van der Waals surface area contributed by atoms with Gasteiger partial charge in [-0.05, 0) is 99.1 Å². The van der Waals surface area contributed by atoms with E-state index in [0.29, 0.717) is 5.82 Å². The van der Waals surface area contributed by atoms with Gasteiger partial charge in [0.25, 0.3) is 0 Å². The van der Waals surface area contributed by atoms with Crippen molar-refractivity contribution >= 4 is 76.1 Å². The lowest BCUT2D eigenvalue weighted by Gasteiger charge is -2.16. The summed E-state index contributed by atoms with van der Waals surface area (Å²) in [7, 11) is 0. The third-order valence-corrected chi connectivity index (χ3v) is 13.9. The summed E-state index contributed by atoms with van der Waals surface area (Å²) in [5.74, 6) is 0.717. The maximum Gasteiger partial charge on any atom is 0.160 e. The predicted molar refractivity (Wildman–Crippen MR) is 285 cm³/mol. The van der Waals surface area contributed by atoms with Gasteiger partial charge < -0.3 is 9.13 Å². The van der Waals surface area contributed by atoms with Crippen molar-refractivity contribution in [2.75, 3.05) is 0 Å². The first-order valence-electron chi connectivity index (χ1n) is 23.2. The molecule has 0 saturated heterocycles. The lowest BCUT2D eigenvalue weighted by Crippen LogP contribution is -1.98. The van der Waals surface area contributed by atoms with Crippen molar-refractivity contribution in [3.05, 3.63) is 243 Å². The van der Waals surface area contributed by atoms with Gasteiger partial charge in [0.1, 0.15) is 0 Å². The van der Waals surface area contributed by atoms with Crippen LogP contribution in [-0.4, -0.2) is 19.1 Å². The number of rotatable bonds is 6. The van der Waals surface area contributed by atoms with Gasteiger partial charge in [-0.15, -0.1) is 0 Å². The van der Waals surface area contributed by atoms with Crippen molar-refractivity contribution in [3.8, 4) is 56.3 Å². The monoisotopic (exact) mass is 864 g/mol. The van der Waals surface area contributed by atoms with Crippen molar-refractivity contribution in [1.82, 2.24) is 19.1 Å². The number of aromatic nitrogens is 4. The van der Waals surface area contributed by atoms with Gasteiger partial charge in [0.15, 0.2) is 5.82 Å². The molecule has 11 aromatic carbocycles. The summed E-state index contributed by atoms with van der Waals surface area (Å²) in [6.45, 7) is 0. The van der Waals surface area contributed by atoms with Gasteiger partial charge in [-0.1, -0.05) is 182 Å². The fraction of sp³-hybridized carbons (Fsp3) is 0. The number of para-hydroxylation sites is 2. The summed E-state index contributed by atoms with van der Waals surface area (Å²) in [5.41, 5.74) is 15.5. The molecule has 0 N–H and O–H groups in total. The Kier molecular flexibility index (Phi) is 8.55. The van der Waals surface area contributed by atoms with E-state index < -0.39 is 0 Å². The van der Waals surface area contributed by atoms with Gasteiger partial charge >= 0.3 is 0 Å². The van der Waals surface area contributed by atoms with Crippen LogP contribution in [0.5, 0.6) is 0 Å². The normalized spacial score (nSPS) is 11.8. The van der Waals surface area contributed by atoms with E-state index in [1.165, 1.54) is 59.7 Å². The summed E-state index contributed by atoms with van der Waals surface area (Å²) in [5, 5.41) is 10.8. The average molecular weight is 865 g/mol. The van der Waals surface area contributed by atoms with E-state index >= 15 is 0 Å². The maximum atomic E-state index is 5.24. The van der Waals surface area contributed by atoms with E-state index in [0.717, 1.165) is 66.8 Å². The van der Waals surface area contributed by atoms with Crippen LogP contribution in [0, 0.1) is 0 Å². The van der Waals surface area contributed by atoms with E-state index in [-0.39, 0.29) is 0 Å². The highest BCUT2D eigenvalue weighted by molar-refractivity contribution is 6.27. The Labute approximate surface area is 392 Å². The molecule has 0 unspecified atom stereocenters. The predicted octanol–water partition coefficient (Wildman–Crippen LogP) is 16.8. The molecule has 4 heteroatoms. The summed E-state index contributed by atoms with van der Waals surface area (Å²) >= 11 is 0. The molecule has 14 rings (SSSR count). The third kappa shape index (κ3) is 5.94. The van der Waals surface area contributed by atoms with Crippen LogP contribution in [0.1, 0.15) is 0 Å². The Morgan fingerprint density at radius 1 is 0.294 bits per heavy atom. The lowest BCUT2D eigenvalue weighted by atomic mass is 9.94. The van der Waals surface area contributed by atoms with Crippen LogP contribution < -0.4 is 0 Å². The molecule has 3 aromatic heterocycles. The topological polar surface area (TPSA) is 35.6 Å². The zero-order chi connectivity index (χ0) is 44.7. The molecule has 0 bridgehead atoms. The molecule has 0 saturated carbocycles. The molecule has 0 spiro atoms. The van der Waals surface area contributed by atoms with Crippen LogP contribution >= 0.6 is 0 Å². The second-order valence-electron chi connectivity index (χ2n) is 17.7. The van der Waals surface area contributed by atoms with Crippen LogP contribution in [-0.2, 0) is 0 Å². The first-order valence-corrected chi connectivity index (χ1v) is 23.2. The average Bonchev–Trinajstić information content (AvgIpc) is 3.91. The first-order chi connectivity index (χ1) is 33.7. The van der Waals surface area contributed by atoms with Crippen molar-refractivity contribution in [1.29, 1.82) is 0 Å². The molecule has 0 fully saturated rings. The Balaban J connectivity index is 1.05. The van der Waals surface area contributed by atoms with Crippen molar-refractivity contribution < 1.29 is 0 Å². The van der Waals surface area contributed by atoms with Gasteiger partial charge in [-0.2, -0.15) is 0 Å². The van der Waals surface area contributed by atoms with Gasteiger partial charge in [-0.3, -0.25) is 0 Å². The quantitative estimate of drug-likeness (QED) is 0.167. The molecule has 14 aromatic rings. The molecule has 0 radical (unpaired) electrons. The Morgan fingerprint density at radius 3 is 1.68 bits per heavy atom. The minimum absolute atomic E-state index is 0.717. The molecular weight excluding hydrogens is 825 g/mol. The number of hydrogen-bond donors (Lipinski definition) is 0. The van der Waals surface area contributed by atoms with E-state index in [1.54, 1.807) is 0 Å². The summed E-state index contributed by atoms with van der Waals surface area (Å²) in [4.78, 5) is 10.4. The molecular formula is C64H40N4. The fourth-order valence-electron chi connectivity index (χ4n) is 10.8. The van der Waals surface area contributed by atoms with Crippen LogP contribution in [0.25, 0.3) is 132 Å². The highest BCUT2D eigenvalue weighted by Crippen LogP contribution is 2.45. The Morgan fingerprint density at radius 2 is 0.912 bits per heavy atom. The third-order valence-electron chi connectivity index (χ3n) is 13.9. The van der Waals surface area contributed by atoms with Gasteiger partial charge in [0, 0.05) is 49.1 Å². The zero-order valence-electron chi connectivity index (χ0n) is 36.9. The number of nitrogens with zero attached hydrogens (tertiary/aromatic N) is 4. The highest BCUT2D eigenvalue weighted by Gasteiger charge is 2.23. The van der Waals surface area contributed by atoms with Crippen molar-refractivity contribution in [2.24, 2.45) is 0 Å². The molecule has 68 heavy (non-hydrogen) atoms. The first kappa shape index (κ1) is 38.2. The van der Waals surface area contributed by atoms with E-state index in [9.17, 15) is 0 Å². The van der Waals surface area contributed by atoms with Gasteiger partial charge in [0.2, 0.25) is 0 Å². The minimum Gasteiger partial charge on any atom is -0.309 e. The molecule has 0 aliphatic rings. The van der Waals surface area contributed by atoms with E-state index in [4.69, 9.17) is 9.97 Å². The largest absolute Gasteiger partial charge is 0.309 e. The zero-order valence-corrected chi connectivity index (χ0v) is 36.9. The highest BCUT2D eigenvalue weighted by atomic mass is 15.0. The minimum atomic E-state index is 0.717. The molecule has 0 atom stereocenters. The number of fused-ring (bicyclic) bond motifs is 10. The van der Waals surface area contributed by atoms with Gasteiger partial charge in [-0.25, -0.2) is 9.97 Å². The second kappa shape index (κ2) is 15.2. The van der Waals surface area contributed by atoms with Crippen molar-refractivity contribution in [2.45, 2.75) is 0 Å². The summed E-state index contributed by atoms with van der Waals surface area (Å²) < 4.78 is 4.98. The van der Waals surface area contributed by atoms with E-state index in [2.05, 4.69) is 234 Å². The van der Waals surface area contributed by atoms with Gasteiger partial charge in [0.05, 0.1) is 39.0 Å². The summed E-state index contributed by atoms with van der Waals surface area (Å²) in [6.07, 6.45) is 0. The molecule has 0 amide bonds. The maximum absolute atomic E-state index is 5.24. The van der Waals surface area contributed by atoms with Crippen molar-refractivity contribution in [3.63, 3.8) is 0 Å². The smallest absolute Gasteiger partial charge is 0.160 e. The summed E-state index contributed by atoms with van der Waals surface area (Å²) in [6, 6.07) is 87.7. The SMILES string of the molecule is c1ccc(-c2nc(-c3ccccc3)c3cc(-c4cc(-n5c6ccccc6c6cc7c8c9ccccc9c(-c9ccccc9)cc8n(-c8ccccc8)c7cc65)c5ccccc5c4)ccc3n2)cc1. The molecule has 0 aliphatic heterocycles. The van der Waals surface area contributed by atoms with Crippen LogP contribution in [0.2, 0.25) is 0 Å². The Hall–Kier alpha value is -9.12. The lowest BCUT2D eigenvalue weighted by molar-refractivity contribution is 1.17. The fourth-order valence-corrected chi connectivity index (χ4v) is 10.8. The van der Waals surface area contributed by atoms with Crippen LogP contribution in [0.15, 0.2) is 243 Å². The van der Waals surface area contributed by atoms with E-state index in [1.807, 2.05) is 18.2 Å². The van der Waals surface area contributed by atoms with Crippen LogP contribution in [0.3, 0.4) is 0 Å². The molecule has 0 aliphatic carbocycles. The standard InChI is InChI=1S/C64H40N4/c1-5-19-41(20-6-1)52-39-61-62(51-31-16-15-29-49(51)52)55-38-53-50-30-17-18-32-57(50)68(59(53)40-60(55)67(61)47-26-11-4-12-27-47)58-37-46(35-45-25-13-14-28-48(45)58)44-33-34-56-54(36-44)63(42-21-7-2-8-22-42)66-64(65-56)43-23-9-3-10-24-43/h1-40H. The number of benzene rings is 11. The Bertz CT molecular complexity index is 4290.